The van der Waals surface area contributed by atoms with E-state index in [1.54, 1.807) is 0 Å². The number of rotatable bonds is 16. The predicted molar refractivity (Wildman–Crippen MR) is 109 cm³/mol. The Bertz CT molecular complexity index is 413. The standard InChI is InChI=1S/C22H43NO4/c1-4-5-6-14-17-22(23(26)21(2,3)19-27-22)18-15-12-10-8-7-9-11-13-16-20(24)25/h26H,4-19H2,1-3H3,(H,24,25)/t22-/m1/s1. The second kappa shape index (κ2) is 12.7. The second-order valence-corrected chi connectivity index (χ2v) is 8.89. The van der Waals surface area contributed by atoms with Gasteiger partial charge in [0.25, 0.3) is 0 Å². The van der Waals surface area contributed by atoms with E-state index in [0.717, 1.165) is 44.9 Å². The zero-order chi connectivity index (χ0) is 20.2. The molecule has 2 N–H and O–H groups in total. The molecule has 0 radical (unpaired) electrons. The molecule has 0 amide bonds. The maximum atomic E-state index is 10.8. The van der Waals surface area contributed by atoms with Crippen molar-refractivity contribution in [2.75, 3.05) is 6.61 Å². The van der Waals surface area contributed by atoms with Gasteiger partial charge in [-0.15, -0.1) is 0 Å². The summed E-state index contributed by atoms with van der Waals surface area (Å²) in [5.41, 5.74) is -0.797. The van der Waals surface area contributed by atoms with Crippen LogP contribution in [0.5, 0.6) is 0 Å². The third-order valence-corrected chi connectivity index (χ3v) is 5.78. The van der Waals surface area contributed by atoms with Crippen LogP contribution in [0.4, 0.5) is 0 Å². The number of hydrogen-bond donors (Lipinski definition) is 2. The van der Waals surface area contributed by atoms with Crippen LogP contribution in [-0.2, 0) is 9.53 Å². The molecule has 0 aromatic carbocycles. The first-order chi connectivity index (χ1) is 12.8. The molecule has 0 aliphatic carbocycles. The Labute approximate surface area is 166 Å². The number of ether oxygens (including phenoxy) is 1. The molecule has 0 saturated carbocycles. The van der Waals surface area contributed by atoms with Gasteiger partial charge in [-0.25, -0.2) is 0 Å². The van der Waals surface area contributed by atoms with Crippen molar-refractivity contribution in [3.05, 3.63) is 0 Å². The molecule has 1 heterocycles. The van der Waals surface area contributed by atoms with Crippen molar-refractivity contribution in [2.24, 2.45) is 0 Å². The first-order valence-electron chi connectivity index (χ1n) is 11.2. The zero-order valence-corrected chi connectivity index (χ0v) is 18.0. The summed E-state index contributed by atoms with van der Waals surface area (Å²) < 4.78 is 6.17. The highest BCUT2D eigenvalue weighted by Gasteiger charge is 2.50. The van der Waals surface area contributed by atoms with Crippen LogP contribution in [0.25, 0.3) is 0 Å². The minimum Gasteiger partial charge on any atom is -0.481 e. The number of aliphatic carboxylic acids is 1. The topological polar surface area (TPSA) is 70.0 Å². The lowest BCUT2D eigenvalue weighted by atomic mass is 9.95. The van der Waals surface area contributed by atoms with Crippen molar-refractivity contribution >= 4 is 5.97 Å². The Balaban J connectivity index is 2.23. The van der Waals surface area contributed by atoms with E-state index >= 15 is 0 Å². The normalized spacial score (nSPS) is 22.4. The Morgan fingerprint density at radius 3 is 1.81 bits per heavy atom. The van der Waals surface area contributed by atoms with Gasteiger partial charge in [0, 0.05) is 6.42 Å². The summed E-state index contributed by atoms with van der Waals surface area (Å²) in [6.07, 6.45) is 15.7. The van der Waals surface area contributed by atoms with Gasteiger partial charge in [-0.1, -0.05) is 64.7 Å². The van der Waals surface area contributed by atoms with Gasteiger partial charge >= 0.3 is 5.97 Å². The summed E-state index contributed by atoms with van der Waals surface area (Å²) in [5.74, 6) is -0.686. The molecule has 5 nitrogen and oxygen atoms in total. The average Bonchev–Trinajstić information content (AvgIpc) is 2.84. The van der Waals surface area contributed by atoms with Crippen LogP contribution in [0, 0.1) is 0 Å². The molecular formula is C22H43NO4. The maximum absolute atomic E-state index is 10.8. The number of hydrogen-bond acceptors (Lipinski definition) is 4. The van der Waals surface area contributed by atoms with E-state index in [9.17, 15) is 10.0 Å². The smallest absolute Gasteiger partial charge is 0.303 e. The van der Waals surface area contributed by atoms with Gasteiger partial charge in [0.05, 0.1) is 12.1 Å². The van der Waals surface area contributed by atoms with Gasteiger partial charge in [0.1, 0.15) is 5.72 Å². The third kappa shape index (κ3) is 8.93. The SMILES string of the molecule is CCCCCC[C@]1(CCCCCCCCCCC(=O)O)OCC(C)(C)N1O. The van der Waals surface area contributed by atoms with Crippen LogP contribution in [-0.4, -0.2) is 39.2 Å². The molecular weight excluding hydrogens is 342 g/mol. The van der Waals surface area contributed by atoms with Gasteiger partial charge in [0.2, 0.25) is 0 Å². The fourth-order valence-corrected chi connectivity index (χ4v) is 4.03. The lowest BCUT2D eigenvalue weighted by molar-refractivity contribution is -0.256. The van der Waals surface area contributed by atoms with Crippen molar-refractivity contribution in [3.63, 3.8) is 0 Å². The van der Waals surface area contributed by atoms with E-state index in [4.69, 9.17) is 9.84 Å². The summed E-state index contributed by atoms with van der Waals surface area (Å²) in [7, 11) is 0. The molecule has 1 aliphatic rings. The molecule has 0 aromatic heterocycles. The highest BCUT2D eigenvalue weighted by atomic mass is 16.6. The second-order valence-electron chi connectivity index (χ2n) is 8.89. The molecule has 0 bridgehead atoms. The van der Waals surface area contributed by atoms with Crippen molar-refractivity contribution in [2.45, 2.75) is 128 Å². The van der Waals surface area contributed by atoms with E-state index in [0.29, 0.717) is 13.0 Å². The Morgan fingerprint density at radius 1 is 0.889 bits per heavy atom. The summed E-state index contributed by atoms with van der Waals surface area (Å²) in [6.45, 7) is 6.90. The number of carboxylic acid groups (broad SMARTS) is 1. The highest BCUT2D eigenvalue weighted by molar-refractivity contribution is 5.66. The molecule has 27 heavy (non-hydrogen) atoms. The molecule has 5 heteroatoms. The predicted octanol–water partition coefficient (Wildman–Crippen LogP) is 6.14. The van der Waals surface area contributed by atoms with Crippen LogP contribution < -0.4 is 0 Å². The average molecular weight is 386 g/mol. The van der Waals surface area contributed by atoms with Crippen LogP contribution in [0.1, 0.15) is 117 Å². The minimum absolute atomic E-state index is 0.300. The van der Waals surface area contributed by atoms with E-state index < -0.39 is 11.7 Å². The van der Waals surface area contributed by atoms with Gasteiger partial charge in [-0.3, -0.25) is 4.79 Å². The van der Waals surface area contributed by atoms with E-state index in [-0.39, 0.29) is 5.54 Å². The minimum atomic E-state index is -0.686. The molecule has 0 unspecified atom stereocenters. The molecule has 0 aromatic rings. The zero-order valence-electron chi connectivity index (χ0n) is 18.0. The van der Waals surface area contributed by atoms with Gasteiger partial charge in [-0.2, -0.15) is 5.06 Å². The largest absolute Gasteiger partial charge is 0.481 e. The third-order valence-electron chi connectivity index (χ3n) is 5.78. The quantitative estimate of drug-likeness (QED) is 0.312. The van der Waals surface area contributed by atoms with Crippen LogP contribution in [0.15, 0.2) is 0 Å². The van der Waals surface area contributed by atoms with Gasteiger partial charge in [-0.05, 0) is 46.0 Å². The lowest BCUT2D eigenvalue weighted by Crippen LogP contribution is -2.50. The fourth-order valence-electron chi connectivity index (χ4n) is 4.03. The van der Waals surface area contributed by atoms with Crippen molar-refractivity contribution in [1.82, 2.24) is 5.06 Å². The Hall–Kier alpha value is -0.650. The number of hydroxylamine groups is 2. The van der Waals surface area contributed by atoms with E-state index in [1.807, 2.05) is 13.8 Å². The van der Waals surface area contributed by atoms with Crippen molar-refractivity contribution in [1.29, 1.82) is 0 Å². The highest BCUT2D eigenvalue weighted by Crippen LogP contribution is 2.40. The van der Waals surface area contributed by atoms with Crippen LogP contribution >= 0.6 is 0 Å². The summed E-state index contributed by atoms with van der Waals surface area (Å²) in [6, 6.07) is 0. The number of carboxylic acids is 1. The Kier molecular flexibility index (Phi) is 11.5. The van der Waals surface area contributed by atoms with Gasteiger partial charge in [0.15, 0.2) is 0 Å². The van der Waals surface area contributed by atoms with Crippen molar-refractivity contribution in [3.8, 4) is 0 Å². The number of carbonyl (C=O) groups is 1. The van der Waals surface area contributed by atoms with E-state index in [1.165, 1.54) is 50.0 Å². The van der Waals surface area contributed by atoms with Crippen LogP contribution in [0.2, 0.25) is 0 Å². The first kappa shape index (κ1) is 24.4. The molecule has 0 spiro atoms. The molecule has 1 fully saturated rings. The molecule has 1 saturated heterocycles. The molecule has 1 rings (SSSR count). The van der Waals surface area contributed by atoms with E-state index in [2.05, 4.69) is 6.92 Å². The summed E-state index contributed by atoms with van der Waals surface area (Å²) in [4.78, 5) is 10.5. The Morgan fingerprint density at radius 2 is 1.37 bits per heavy atom. The molecule has 160 valence electrons. The number of unbranched alkanes of at least 4 members (excludes halogenated alkanes) is 10. The monoisotopic (exact) mass is 385 g/mol. The fraction of sp³-hybridized carbons (Fsp3) is 0.955. The van der Waals surface area contributed by atoms with Gasteiger partial charge < -0.3 is 15.1 Å². The van der Waals surface area contributed by atoms with Crippen LogP contribution in [0.3, 0.4) is 0 Å². The maximum Gasteiger partial charge on any atom is 0.303 e. The summed E-state index contributed by atoms with van der Waals surface area (Å²) in [5, 5.41) is 20.9. The number of nitrogens with zero attached hydrogens (tertiary/aromatic N) is 1. The van der Waals surface area contributed by atoms with Crippen molar-refractivity contribution < 1.29 is 19.8 Å². The lowest BCUT2D eigenvalue weighted by Gasteiger charge is -2.37. The first-order valence-corrected chi connectivity index (χ1v) is 11.2. The molecule has 1 aliphatic heterocycles. The molecule has 1 atom stereocenters. The summed E-state index contributed by atoms with van der Waals surface area (Å²) >= 11 is 0.